The Morgan fingerprint density at radius 2 is 1.91 bits per heavy atom. The average Bonchev–Trinajstić information content (AvgIpc) is 3.76. The third-order valence-corrected chi connectivity index (χ3v) is 9.01. The van der Waals surface area contributed by atoms with Gasteiger partial charge in [0.2, 0.25) is 0 Å². The first-order valence-electron chi connectivity index (χ1n) is 15.5. The van der Waals surface area contributed by atoms with E-state index in [1.807, 2.05) is 4.57 Å². The second-order valence-electron chi connectivity index (χ2n) is 11.8. The van der Waals surface area contributed by atoms with Crippen molar-refractivity contribution in [3.63, 3.8) is 0 Å². The SMILES string of the molecule is CCOC(=O)C(c1ncn2c1CCC2)n1cc2c(C(F)(F)F)cc(-c3ccc(OCCN4CCC(CO)CC4)cc3)c(C)c2n1. The van der Waals surface area contributed by atoms with Gasteiger partial charge >= 0.3 is 12.1 Å². The maximum atomic E-state index is 14.5. The number of imidazole rings is 1. The molecular formula is C33H38F3N5O4. The number of carbonyl (C=O) groups excluding carboxylic acids is 1. The fourth-order valence-corrected chi connectivity index (χ4v) is 6.51. The first-order chi connectivity index (χ1) is 21.7. The summed E-state index contributed by atoms with van der Waals surface area (Å²) in [7, 11) is 0. The van der Waals surface area contributed by atoms with Gasteiger partial charge in [-0.25, -0.2) is 9.78 Å². The van der Waals surface area contributed by atoms with Crippen LogP contribution in [0.5, 0.6) is 5.75 Å². The van der Waals surface area contributed by atoms with Crippen molar-refractivity contribution in [3.05, 3.63) is 65.4 Å². The van der Waals surface area contributed by atoms with Gasteiger partial charge in [0.15, 0.2) is 6.04 Å². The molecule has 1 unspecified atom stereocenters. The van der Waals surface area contributed by atoms with Crippen LogP contribution in [0.25, 0.3) is 22.0 Å². The first kappa shape index (κ1) is 31.1. The topological polar surface area (TPSA) is 94.6 Å². The molecule has 2 aromatic heterocycles. The van der Waals surface area contributed by atoms with E-state index in [1.54, 1.807) is 44.4 Å². The number of esters is 1. The molecule has 0 radical (unpaired) electrons. The summed E-state index contributed by atoms with van der Waals surface area (Å²) in [6.45, 7) is 7.66. The normalized spacial score (nSPS) is 16.7. The Morgan fingerprint density at radius 1 is 1.16 bits per heavy atom. The van der Waals surface area contributed by atoms with E-state index in [1.165, 1.54) is 10.9 Å². The maximum Gasteiger partial charge on any atom is 0.417 e. The molecule has 0 saturated carbocycles. The van der Waals surface area contributed by atoms with E-state index in [-0.39, 0.29) is 24.1 Å². The van der Waals surface area contributed by atoms with E-state index < -0.39 is 23.8 Å². The summed E-state index contributed by atoms with van der Waals surface area (Å²) in [6, 6.07) is 7.08. The summed E-state index contributed by atoms with van der Waals surface area (Å²) < 4.78 is 58.0. The summed E-state index contributed by atoms with van der Waals surface area (Å²) in [5, 5.41) is 13.8. The third kappa shape index (κ3) is 6.30. The van der Waals surface area contributed by atoms with Crippen molar-refractivity contribution in [1.29, 1.82) is 0 Å². The molecule has 2 aliphatic rings. The molecule has 45 heavy (non-hydrogen) atoms. The Balaban J connectivity index is 1.29. The summed E-state index contributed by atoms with van der Waals surface area (Å²) in [4.78, 5) is 20.0. The second-order valence-corrected chi connectivity index (χ2v) is 11.8. The van der Waals surface area contributed by atoms with Gasteiger partial charge in [0.25, 0.3) is 0 Å². The van der Waals surface area contributed by atoms with Crippen LogP contribution in [0.15, 0.2) is 42.9 Å². The number of piperidine rings is 1. The molecule has 1 fully saturated rings. The van der Waals surface area contributed by atoms with Crippen LogP contribution in [0.2, 0.25) is 0 Å². The van der Waals surface area contributed by atoms with Gasteiger partial charge in [0.05, 0.1) is 29.7 Å². The summed E-state index contributed by atoms with van der Waals surface area (Å²) in [5.41, 5.74) is 2.22. The minimum Gasteiger partial charge on any atom is -0.492 e. The third-order valence-electron chi connectivity index (χ3n) is 9.01. The lowest BCUT2D eigenvalue weighted by atomic mass is 9.95. The quantitative estimate of drug-likeness (QED) is 0.236. The van der Waals surface area contributed by atoms with Crippen LogP contribution >= 0.6 is 0 Å². The molecule has 2 aromatic carbocycles. The molecule has 0 amide bonds. The fraction of sp³-hybridized carbons (Fsp3) is 0.485. The number of alkyl halides is 3. The minimum absolute atomic E-state index is 0.0862. The van der Waals surface area contributed by atoms with Crippen LogP contribution in [0, 0.1) is 12.8 Å². The highest BCUT2D eigenvalue weighted by molar-refractivity contribution is 5.92. The summed E-state index contributed by atoms with van der Waals surface area (Å²) in [5.74, 6) is 0.392. The zero-order chi connectivity index (χ0) is 31.7. The fourth-order valence-electron chi connectivity index (χ4n) is 6.51. The molecular weight excluding hydrogens is 587 g/mol. The van der Waals surface area contributed by atoms with Gasteiger partial charge in [-0.2, -0.15) is 18.3 Å². The zero-order valence-electron chi connectivity index (χ0n) is 25.5. The molecule has 1 N–H and O–H groups in total. The van der Waals surface area contributed by atoms with Gasteiger partial charge in [0, 0.05) is 37.0 Å². The van der Waals surface area contributed by atoms with Gasteiger partial charge < -0.3 is 19.1 Å². The lowest BCUT2D eigenvalue weighted by Gasteiger charge is -2.30. The minimum atomic E-state index is -4.65. The van der Waals surface area contributed by atoms with E-state index in [0.29, 0.717) is 47.1 Å². The van der Waals surface area contributed by atoms with Crippen LogP contribution in [0.3, 0.4) is 0 Å². The Labute approximate surface area is 259 Å². The van der Waals surface area contributed by atoms with Crippen LogP contribution in [0.4, 0.5) is 13.2 Å². The lowest BCUT2D eigenvalue weighted by Crippen LogP contribution is -2.37. The van der Waals surface area contributed by atoms with Crippen LogP contribution < -0.4 is 4.74 Å². The summed E-state index contributed by atoms with van der Waals surface area (Å²) >= 11 is 0. The lowest BCUT2D eigenvalue weighted by molar-refractivity contribution is -0.146. The van der Waals surface area contributed by atoms with Gasteiger partial charge in [-0.05, 0) is 93.4 Å². The van der Waals surface area contributed by atoms with E-state index in [2.05, 4.69) is 15.0 Å². The number of aryl methyl sites for hydroxylation is 2. The number of hydrogen-bond donors (Lipinski definition) is 1. The largest absolute Gasteiger partial charge is 0.492 e. The first-order valence-corrected chi connectivity index (χ1v) is 15.5. The highest BCUT2D eigenvalue weighted by Gasteiger charge is 2.37. The molecule has 4 aromatic rings. The summed E-state index contributed by atoms with van der Waals surface area (Å²) in [6.07, 6.45) is 1.86. The molecule has 1 saturated heterocycles. The highest BCUT2D eigenvalue weighted by Crippen LogP contribution is 2.41. The number of likely N-dealkylation sites (tertiary alicyclic amines) is 1. The number of aliphatic hydroxyl groups is 1. The van der Waals surface area contributed by atoms with Crippen LogP contribution in [-0.2, 0) is 28.7 Å². The number of aliphatic hydroxyl groups excluding tert-OH is 1. The van der Waals surface area contributed by atoms with Crippen molar-refractivity contribution in [1.82, 2.24) is 24.2 Å². The van der Waals surface area contributed by atoms with Crippen LogP contribution in [-0.4, -0.2) is 74.8 Å². The number of hydrogen-bond acceptors (Lipinski definition) is 7. The molecule has 1 atom stereocenters. The highest BCUT2D eigenvalue weighted by atomic mass is 19.4. The smallest absolute Gasteiger partial charge is 0.417 e. The number of benzene rings is 2. The molecule has 240 valence electrons. The molecule has 0 spiro atoms. The molecule has 0 bridgehead atoms. The van der Waals surface area contributed by atoms with Crippen molar-refractivity contribution in [2.45, 2.75) is 58.3 Å². The Hall–Kier alpha value is -3.90. The van der Waals surface area contributed by atoms with Crippen molar-refractivity contribution in [2.75, 3.05) is 39.5 Å². The van der Waals surface area contributed by atoms with Gasteiger partial charge in [-0.3, -0.25) is 9.58 Å². The molecule has 0 aliphatic carbocycles. The number of aromatic nitrogens is 4. The van der Waals surface area contributed by atoms with Gasteiger partial charge in [0.1, 0.15) is 12.4 Å². The van der Waals surface area contributed by atoms with Crippen molar-refractivity contribution in [2.24, 2.45) is 5.92 Å². The van der Waals surface area contributed by atoms with E-state index >= 15 is 0 Å². The second kappa shape index (κ2) is 12.8. The Morgan fingerprint density at radius 3 is 2.60 bits per heavy atom. The Bertz CT molecular complexity index is 1660. The standard InChI is InChI=1S/C33H38F3N5O4/c1-3-44-32(43)31(30-28-5-4-12-40(28)20-37-30)41-18-26-27(33(34,35)36)17-25(21(2)29(26)38-41)23-6-8-24(9-7-23)45-16-15-39-13-10-22(19-42)11-14-39/h6-9,17-18,20,22,31,42H,3-5,10-16,19H2,1-2H3. The molecule has 9 nitrogen and oxygen atoms in total. The Kier molecular flexibility index (Phi) is 8.87. The number of halogens is 3. The number of fused-ring (bicyclic) bond motifs is 2. The van der Waals surface area contributed by atoms with Gasteiger partial charge in [-0.1, -0.05) is 12.1 Å². The van der Waals surface area contributed by atoms with E-state index in [9.17, 15) is 23.1 Å². The molecule has 2 aliphatic heterocycles. The predicted octanol–water partition coefficient (Wildman–Crippen LogP) is 5.41. The number of carbonyl (C=O) groups is 1. The van der Waals surface area contributed by atoms with Gasteiger partial charge in [-0.15, -0.1) is 0 Å². The van der Waals surface area contributed by atoms with Crippen LogP contribution in [0.1, 0.15) is 54.7 Å². The van der Waals surface area contributed by atoms with E-state index in [0.717, 1.165) is 57.2 Å². The molecule has 12 heteroatoms. The molecule has 6 rings (SSSR count). The van der Waals surface area contributed by atoms with E-state index in [4.69, 9.17) is 9.47 Å². The number of ether oxygens (including phenoxy) is 2. The maximum absolute atomic E-state index is 14.5. The number of nitrogens with zero attached hydrogens (tertiary/aromatic N) is 5. The van der Waals surface area contributed by atoms with Crippen molar-refractivity contribution in [3.8, 4) is 16.9 Å². The number of rotatable bonds is 10. The average molecular weight is 626 g/mol. The predicted molar refractivity (Wildman–Crippen MR) is 162 cm³/mol. The van der Waals surface area contributed by atoms with Crippen molar-refractivity contribution >= 4 is 16.9 Å². The monoisotopic (exact) mass is 625 g/mol. The zero-order valence-corrected chi connectivity index (χ0v) is 25.5. The van der Waals surface area contributed by atoms with Crippen molar-refractivity contribution < 1.29 is 32.5 Å². The molecule has 4 heterocycles.